The van der Waals surface area contributed by atoms with Crippen LogP contribution in [0.5, 0.6) is 5.75 Å². The first-order chi connectivity index (χ1) is 16.8. The van der Waals surface area contributed by atoms with E-state index in [9.17, 15) is 13.0 Å². The molecule has 3 aromatic carbocycles. The van der Waals surface area contributed by atoms with Gasteiger partial charge >= 0.3 is 10.6 Å². The van der Waals surface area contributed by atoms with Crippen molar-refractivity contribution in [2.45, 2.75) is 25.7 Å². The second-order valence-corrected chi connectivity index (χ2v) is 9.15. The largest absolute Gasteiger partial charge is 0.495 e. The molecule has 0 amide bonds. The Labute approximate surface area is 209 Å². The van der Waals surface area contributed by atoms with Gasteiger partial charge < -0.3 is 10.5 Å². The number of nitrogens with zero attached hydrogens (tertiary/aromatic N) is 4. The summed E-state index contributed by atoms with van der Waals surface area (Å²) in [6.07, 6.45) is 0. The van der Waals surface area contributed by atoms with E-state index in [0.29, 0.717) is 28.5 Å². The summed E-state index contributed by atoms with van der Waals surface area (Å²) in [5.74, 6) is 0.526. The van der Waals surface area contributed by atoms with Crippen LogP contribution in [-0.4, -0.2) is 32.7 Å². The van der Waals surface area contributed by atoms with Crippen LogP contribution in [0.25, 0.3) is 0 Å². The van der Waals surface area contributed by atoms with Crippen molar-refractivity contribution < 1.29 is 30.3 Å². The quantitative estimate of drug-likeness (QED) is 0.243. The molecule has 190 valence electrons. The van der Waals surface area contributed by atoms with Crippen molar-refractivity contribution in [2.75, 3.05) is 12.8 Å². The molecule has 0 heterocycles. The fourth-order valence-corrected chi connectivity index (χ4v) is 3.58. The lowest BCUT2D eigenvalue weighted by atomic mass is 10.1. The summed E-state index contributed by atoms with van der Waals surface area (Å²) >= 11 is 0. The minimum absolute atomic E-state index is 0.0450. The maximum Gasteiger partial charge on any atom is 0.425 e. The maximum absolute atomic E-state index is 11.5. The molecule has 12 nitrogen and oxygen atoms in total. The van der Waals surface area contributed by atoms with E-state index in [-0.39, 0.29) is 10.6 Å². The summed E-state index contributed by atoms with van der Waals surface area (Å²) in [5, 5.41) is 16.9. The van der Waals surface area contributed by atoms with Gasteiger partial charge in [-0.2, -0.15) is 23.8 Å². The highest BCUT2D eigenvalue weighted by atomic mass is 32.2. The standard InChI is InChI=1S/C22H23N5O4S.O3S/c1-13-9-16(23)21(31-4)12-20(13)27-26-19-11-14(2)18(10-15(19)3)25-24-17-7-5-6-8-22(17)32(28,29)30;1-4(2)3/h5-12H,23H2,1-4H3,(H,28,29,30);. The Morgan fingerprint density at radius 1 is 0.778 bits per heavy atom. The minimum Gasteiger partial charge on any atom is -0.495 e. The molecule has 0 saturated carbocycles. The van der Waals surface area contributed by atoms with E-state index < -0.39 is 20.7 Å². The Bertz CT molecular complexity index is 1550. The molecular formula is C22H23N5O7S2. The second kappa shape index (κ2) is 12.1. The Kier molecular flexibility index (Phi) is 9.49. The molecule has 3 rings (SSSR count). The fraction of sp³-hybridized carbons (Fsp3) is 0.182. The van der Waals surface area contributed by atoms with Crippen LogP contribution in [0.3, 0.4) is 0 Å². The molecule has 0 radical (unpaired) electrons. The number of benzene rings is 3. The van der Waals surface area contributed by atoms with Gasteiger partial charge in [0.25, 0.3) is 10.1 Å². The molecule has 3 N–H and O–H groups in total. The van der Waals surface area contributed by atoms with Crippen molar-refractivity contribution in [3.63, 3.8) is 0 Å². The summed E-state index contributed by atoms with van der Waals surface area (Å²) in [7, 11) is -5.98. The van der Waals surface area contributed by atoms with Gasteiger partial charge in [0.15, 0.2) is 0 Å². The van der Waals surface area contributed by atoms with Gasteiger partial charge in [0, 0.05) is 6.07 Å². The first kappa shape index (κ1) is 28.2. The SMILES string of the molecule is COc1cc(N=Nc2cc(C)c(N=Nc3ccccc3S(=O)(=O)O)cc2C)c(C)cc1N.O=S(=O)=O. The van der Waals surface area contributed by atoms with Crippen LogP contribution in [0.1, 0.15) is 16.7 Å². The zero-order chi connectivity index (χ0) is 27.0. The van der Waals surface area contributed by atoms with Gasteiger partial charge in [-0.25, -0.2) is 0 Å². The third-order valence-corrected chi connectivity index (χ3v) is 5.64. The van der Waals surface area contributed by atoms with Crippen molar-refractivity contribution in [2.24, 2.45) is 20.5 Å². The van der Waals surface area contributed by atoms with Crippen LogP contribution in [0.2, 0.25) is 0 Å². The summed E-state index contributed by atoms with van der Waals surface area (Å²) in [6.45, 7) is 5.57. The van der Waals surface area contributed by atoms with Crippen LogP contribution < -0.4 is 10.5 Å². The molecule has 0 unspecified atom stereocenters. The average molecular weight is 534 g/mol. The third kappa shape index (κ3) is 7.76. The summed E-state index contributed by atoms with van der Waals surface area (Å²) in [5.41, 5.74) is 10.7. The molecule has 0 fully saturated rings. The van der Waals surface area contributed by atoms with Crippen molar-refractivity contribution in [1.29, 1.82) is 0 Å². The van der Waals surface area contributed by atoms with E-state index in [2.05, 4.69) is 20.5 Å². The predicted octanol–water partition coefficient (Wildman–Crippen LogP) is 5.28. The second-order valence-electron chi connectivity index (χ2n) is 7.35. The molecule has 0 atom stereocenters. The molecule has 0 saturated heterocycles. The molecule has 3 aromatic rings. The summed E-state index contributed by atoms with van der Waals surface area (Å²) < 4.78 is 63.0. The van der Waals surface area contributed by atoms with Crippen LogP contribution in [0.15, 0.2) is 73.9 Å². The van der Waals surface area contributed by atoms with E-state index >= 15 is 0 Å². The van der Waals surface area contributed by atoms with Crippen molar-refractivity contribution >= 4 is 49.2 Å². The first-order valence-electron chi connectivity index (χ1n) is 10.1. The van der Waals surface area contributed by atoms with Crippen molar-refractivity contribution in [1.82, 2.24) is 0 Å². The minimum atomic E-state index is -4.41. The number of methoxy groups -OCH3 is 1. The highest BCUT2D eigenvalue weighted by Crippen LogP contribution is 2.34. The lowest BCUT2D eigenvalue weighted by Gasteiger charge is -2.08. The average Bonchev–Trinajstić information content (AvgIpc) is 2.78. The van der Waals surface area contributed by atoms with Gasteiger partial charge in [0.05, 0.1) is 29.9 Å². The number of rotatable bonds is 6. The molecular weight excluding hydrogens is 510 g/mol. The first-order valence-corrected chi connectivity index (χ1v) is 12.5. The monoisotopic (exact) mass is 533 g/mol. The maximum atomic E-state index is 11.5. The van der Waals surface area contributed by atoms with Gasteiger partial charge in [-0.05, 0) is 67.8 Å². The summed E-state index contributed by atoms with van der Waals surface area (Å²) in [6, 6.07) is 12.9. The number of hydrogen-bond acceptors (Lipinski definition) is 11. The Balaban J connectivity index is 0.00000106. The lowest BCUT2D eigenvalue weighted by molar-refractivity contribution is 0.417. The number of anilines is 1. The molecule has 0 spiro atoms. The third-order valence-electron chi connectivity index (χ3n) is 4.74. The number of ether oxygens (including phenoxy) is 1. The highest BCUT2D eigenvalue weighted by Gasteiger charge is 2.14. The molecule has 0 aliphatic heterocycles. The van der Waals surface area contributed by atoms with Gasteiger partial charge in [0.1, 0.15) is 16.3 Å². The Morgan fingerprint density at radius 2 is 1.19 bits per heavy atom. The van der Waals surface area contributed by atoms with Gasteiger partial charge in [0.2, 0.25) is 0 Å². The molecule has 36 heavy (non-hydrogen) atoms. The molecule has 0 bridgehead atoms. The molecule has 0 aromatic heterocycles. The number of hydrogen-bond donors (Lipinski definition) is 2. The fourth-order valence-electron chi connectivity index (χ4n) is 2.96. The van der Waals surface area contributed by atoms with E-state index in [1.165, 1.54) is 25.3 Å². The van der Waals surface area contributed by atoms with Crippen LogP contribution in [-0.2, 0) is 20.7 Å². The number of aryl methyl sites for hydroxylation is 3. The van der Waals surface area contributed by atoms with Gasteiger partial charge in [-0.3, -0.25) is 4.55 Å². The van der Waals surface area contributed by atoms with E-state index in [1.54, 1.807) is 24.3 Å². The normalized spacial score (nSPS) is 11.4. The predicted molar refractivity (Wildman–Crippen MR) is 132 cm³/mol. The Morgan fingerprint density at radius 3 is 1.67 bits per heavy atom. The number of nitrogen functional groups attached to an aromatic ring is 1. The van der Waals surface area contributed by atoms with Gasteiger partial charge in [-0.15, -0.1) is 17.7 Å². The van der Waals surface area contributed by atoms with E-state index in [0.717, 1.165) is 16.7 Å². The van der Waals surface area contributed by atoms with Crippen LogP contribution in [0, 0.1) is 20.8 Å². The highest BCUT2D eigenvalue weighted by molar-refractivity contribution is 7.86. The lowest BCUT2D eigenvalue weighted by Crippen LogP contribution is -1.97. The zero-order valence-corrected chi connectivity index (χ0v) is 21.3. The molecule has 14 heteroatoms. The molecule has 0 aliphatic rings. The Hall–Kier alpha value is -4.01. The van der Waals surface area contributed by atoms with Crippen molar-refractivity contribution in [3.8, 4) is 5.75 Å². The topological polar surface area (TPSA) is 190 Å². The number of azo groups is 2. The van der Waals surface area contributed by atoms with E-state index in [1.807, 2.05) is 26.8 Å². The van der Waals surface area contributed by atoms with Crippen LogP contribution >= 0.6 is 0 Å². The molecule has 0 aliphatic carbocycles. The van der Waals surface area contributed by atoms with Crippen molar-refractivity contribution in [3.05, 3.63) is 65.2 Å². The number of nitrogens with two attached hydrogens (primary N) is 1. The zero-order valence-electron chi connectivity index (χ0n) is 19.7. The van der Waals surface area contributed by atoms with Gasteiger partial charge in [-0.1, -0.05) is 12.1 Å². The summed E-state index contributed by atoms with van der Waals surface area (Å²) in [4.78, 5) is -0.308. The van der Waals surface area contributed by atoms with Crippen LogP contribution in [0.4, 0.5) is 28.4 Å². The smallest absolute Gasteiger partial charge is 0.425 e. The van der Waals surface area contributed by atoms with E-state index in [4.69, 9.17) is 23.1 Å².